The minimum absolute atomic E-state index is 0.123. The van der Waals surface area contributed by atoms with Gasteiger partial charge in [0.05, 0.1) is 25.4 Å². The van der Waals surface area contributed by atoms with Crippen LogP contribution in [0.25, 0.3) is 0 Å². The average Bonchev–Trinajstić information content (AvgIpc) is 2.49. The second-order valence-electron chi connectivity index (χ2n) is 4.76. The molecule has 1 atom stereocenters. The Kier molecular flexibility index (Phi) is 5.18. The molecule has 1 aliphatic rings. The van der Waals surface area contributed by atoms with Crippen molar-refractivity contribution in [3.63, 3.8) is 0 Å². The van der Waals surface area contributed by atoms with Crippen LogP contribution in [0, 0.1) is 0 Å². The minimum atomic E-state index is -0.237. The molecule has 2 rings (SSSR count). The van der Waals surface area contributed by atoms with E-state index >= 15 is 0 Å². The zero-order chi connectivity index (χ0) is 14.4. The number of benzene rings is 1. The van der Waals surface area contributed by atoms with Crippen molar-refractivity contribution in [3.05, 3.63) is 47.2 Å². The lowest BCUT2D eigenvalue weighted by molar-refractivity contribution is -0.139. The highest BCUT2D eigenvalue weighted by molar-refractivity contribution is 5.89. The summed E-state index contributed by atoms with van der Waals surface area (Å²) in [5, 5.41) is 3.38. The second kappa shape index (κ2) is 7.10. The Hall–Kier alpha value is -1.81. The van der Waals surface area contributed by atoms with E-state index < -0.39 is 0 Å². The van der Waals surface area contributed by atoms with E-state index in [1.165, 1.54) is 5.56 Å². The van der Waals surface area contributed by atoms with Crippen LogP contribution in [0.5, 0.6) is 0 Å². The molecule has 108 valence electrons. The maximum Gasteiger partial charge on any atom is 0.335 e. The van der Waals surface area contributed by atoms with Gasteiger partial charge >= 0.3 is 5.97 Å². The summed E-state index contributed by atoms with van der Waals surface area (Å²) < 4.78 is 10.6. The molecule has 4 heteroatoms. The molecule has 0 aromatic heterocycles. The molecule has 0 spiro atoms. The predicted octanol–water partition coefficient (Wildman–Crippen LogP) is 2.57. The molecule has 0 aliphatic carbocycles. The quantitative estimate of drug-likeness (QED) is 0.839. The van der Waals surface area contributed by atoms with Gasteiger partial charge in [0, 0.05) is 18.2 Å². The molecule has 1 aromatic carbocycles. The first kappa shape index (κ1) is 14.6. The highest BCUT2D eigenvalue weighted by Crippen LogP contribution is 2.20. The van der Waals surface area contributed by atoms with Crippen LogP contribution in [0.3, 0.4) is 0 Å². The Labute approximate surface area is 119 Å². The zero-order valence-corrected chi connectivity index (χ0v) is 12.0. The van der Waals surface area contributed by atoms with Crippen LogP contribution in [0.4, 0.5) is 0 Å². The van der Waals surface area contributed by atoms with Crippen LogP contribution < -0.4 is 5.32 Å². The van der Waals surface area contributed by atoms with Gasteiger partial charge in [0.25, 0.3) is 0 Å². The molecule has 1 aliphatic heterocycles. The van der Waals surface area contributed by atoms with Gasteiger partial charge in [0.15, 0.2) is 0 Å². The van der Waals surface area contributed by atoms with Gasteiger partial charge in [-0.15, -0.1) is 0 Å². The molecule has 0 saturated carbocycles. The van der Waals surface area contributed by atoms with Gasteiger partial charge < -0.3 is 14.8 Å². The first-order valence-electron chi connectivity index (χ1n) is 7.00. The molecule has 0 unspecified atom stereocenters. The van der Waals surface area contributed by atoms with Crippen molar-refractivity contribution in [2.24, 2.45) is 0 Å². The summed E-state index contributed by atoms with van der Waals surface area (Å²) in [5.41, 5.74) is 2.72. The summed E-state index contributed by atoms with van der Waals surface area (Å²) in [6.07, 6.45) is 0.600. The normalized spacial score (nSPS) is 16.7. The number of ether oxygens (including phenoxy) is 2. The molecule has 20 heavy (non-hydrogen) atoms. The van der Waals surface area contributed by atoms with E-state index in [4.69, 9.17) is 9.47 Å². The monoisotopic (exact) mass is 275 g/mol. The Morgan fingerprint density at radius 2 is 2.15 bits per heavy atom. The Bertz CT molecular complexity index is 482. The fraction of sp³-hybridized carbons (Fsp3) is 0.438. The van der Waals surface area contributed by atoms with Crippen LogP contribution in [0.1, 0.15) is 31.9 Å². The van der Waals surface area contributed by atoms with E-state index in [2.05, 4.69) is 24.4 Å². The molecule has 0 fully saturated rings. The minimum Gasteiger partial charge on any atom is -0.463 e. The van der Waals surface area contributed by atoms with Gasteiger partial charge in [0.1, 0.15) is 0 Å². The van der Waals surface area contributed by atoms with Crippen LogP contribution >= 0.6 is 0 Å². The van der Waals surface area contributed by atoms with E-state index in [1.807, 2.05) is 25.1 Å². The summed E-state index contributed by atoms with van der Waals surface area (Å²) in [6, 6.07) is 10.2. The van der Waals surface area contributed by atoms with Gasteiger partial charge in [-0.3, -0.25) is 0 Å². The molecule has 4 nitrogen and oxygen atoms in total. The maximum absolute atomic E-state index is 12.0. The van der Waals surface area contributed by atoms with Crippen molar-refractivity contribution in [2.75, 3.05) is 19.8 Å². The van der Waals surface area contributed by atoms with Crippen molar-refractivity contribution in [3.8, 4) is 0 Å². The zero-order valence-electron chi connectivity index (χ0n) is 12.0. The highest BCUT2D eigenvalue weighted by Gasteiger charge is 2.22. The SMILES string of the molecule is CCOC(=O)C1=C(N[C@H](C)c2ccccc2)COCC1. The van der Waals surface area contributed by atoms with Crippen LogP contribution in [-0.4, -0.2) is 25.8 Å². The van der Waals surface area contributed by atoms with E-state index in [-0.39, 0.29) is 12.0 Å². The number of hydrogen-bond donors (Lipinski definition) is 1. The van der Waals surface area contributed by atoms with E-state index in [0.717, 1.165) is 5.70 Å². The largest absolute Gasteiger partial charge is 0.463 e. The Balaban J connectivity index is 2.13. The predicted molar refractivity (Wildman–Crippen MR) is 77.1 cm³/mol. The van der Waals surface area contributed by atoms with Crippen LogP contribution in [0.2, 0.25) is 0 Å². The first-order valence-corrected chi connectivity index (χ1v) is 7.00. The Morgan fingerprint density at radius 3 is 2.85 bits per heavy atom. The smallest absolute Gasteiger partial charge is 0.335 e. The van der Waals surface area contributed by atoms with Crippen molar-refractivity contribution in [2.45, 2.75) is 26.3 Å². The summed E-state index contributed by atoms with van der Waals surface area (Å²) in [6.45, 7) is 5.28. The molecule has 0 amide bonds. The molecule has 1 heterocycles. The van der Waals surface area contributed by atoms with E-state index in [0.29, 0.717) is 31.8 Å². The average molecular weight is 275 g/mol. The summed E-state index contributed by atoms with van der Waals surface area (Å²) >= 11 is 0. The number of carbonyl (C=O) groups is 1. The molecular weight excluding hydrogens is 254 g/mol. The lowest BCUT2D eigenvalue weighted by Crippen LogP contribution is -2.29. The molecule has 0 saturated heterocycles. The topological polar surface area (TPSA) is 47.6 Å². The van der Waals surface area contributed by atoms with Gasteiger partial charge in [0.2, 0.25) is 0 Å². The van der Waals surface area contributed by atoms with Crippen molar-refractivity contribution >= 4 is 5.97 Å². The third kappa shape index (κ3) is 3.61. The fourth-order valence-corrected chi connectivity index (χ4v) is 2.25. The Morgan fingerprint density at radius 1 is 1.40 bits per heavy atom. The highest BCUT2D eigenvalue weighted by atomic mass is 16.5. The molecule has 0 bridgehead atoms. The first-order chi connectivity index (χ1) is 9.72. The van der Waals surface area contributed by atoms with Crippen molar-refractivity contribution in [1.82, 2.24) is 5.32 Å². The van der Waals surface area contributed by atoms with Gasteiger partial charge in [-0.1, -0.05) is 30.3 Å². The lowest BCUT2D eigenvalue weighted by Gasteiger charge is -2.24. The standard InChI is InChI=1S/C16H21NO3/c1-3-20-16(18)14-9-10-19-11-15(14)17-12(2)13-7-5-4-6-8-13/h4-8,12,17H,3,9-11H2,1-2H3/t12-/m1/s1. The van der Waals surface area contributed by atoms with Gasteiger partial charge in [-0.2, -0.15) is 0 Å². The third-order valence-electron chi connectivity index (χ3n) is 3.32. The molecule has 1 N–H and O–H groups in total. The van der Waals surface area contributed by atoms with Gasteiger partial charge in [-0.25, -0.2) is 4.79 Å². The number of nitrogens with one attached hydrogen (secondary N) is 1. The third-order valence-corrected chi connectivity index (χ3v) is 3.32. The van der Waals surface area contributed by atoms with Gasteiger partial charge in [-0.05, 0) is 19.4 Å². The van der Waals surface area contributed by atoms with Crippen LogP contribution in [-0.2, 0) is 14.3 Å². The number of esters is 1. The summed E-state index contributed by atoms with van der Waals surface area (Å²) in [7, 11) is 0. The number of hydrogen-bond acceptors (Lipinski definition) is 4. The summed E-state index contributed by atoms with van der Waals surface area (Å²) in [5.74, 6) is -0.237. The lowest BCUT2D eigenvalue weighted by atomic mass is 10.1. The van der Waals surface area contributed by atoms with Crippen molar-refractivity contribution in [1.29, 1.82) is 0 Å². The van der Waals surface area contributed by atoms with E-state index in [1.54, 1.807) is 0 Å². The molecule has 0 radical (unpaired) electrons. The van der Waals surface area contributed by atoms with E-state index in [9.17, 15) is 4.79 Å². The van der Waals surface area contributed by atoms with Crippen LogP contribution in [0.15, 0.2) is 41.6 Å². The molecule has 1 aromatic rings. The number of carbonyl (C=O) groups excluding carboxylic acids is 1. The molecular formula is C16H21NO3. The summed E-state index contributed by atoms with van der Waals surface area (Å²) in [4.78, 5) is 12.0. The van der Waals surface area contributed by atoms with Crippen molar-refractivity contribution < 1.29 is 14.3 Å². The second-order valence-corrected chi connectivity index (χ2v) is 4.76. The number of rotatable bonds is 5. The fourth-order valence-electron chi connectivity index (χ4n) is 2.25. The maximum atomic E-state index is 12.0.